The van der Waals surface area contributed by atoms with Crippen LogP contribution >= 0.6 is 15.9 Å². The van der Waals surface area contributed by atoms with Gasteiger partial charge in [0.15, 0.2) is 11.5 Å². The van der Waals surface area contributed by atoms with E-state index in [4.69, 9.17) is 0 Å². The second-order valence-corrected chi connectivity index (χ2v) is 4.92. The number of nitrogens with one attached hydrogen (secondary N) is 2. The molecule has 0 saturated heterocycles. The molecule has 3 heterocycles. The Morgan fingerprint density at radius 1 is 1.42 bits per heavy atom. The van der Waals surface area contributed by atoms with Crippen molar-refractivity contribution < 1.29 is 0 Å². The fourth-order valence-electron chi connectivity index (χ4n) is 1.72. The highest BCUT2D eigenvalue weighted by Crippen LogP contribution is 2.19. The van der Waals surface area contributed by atoms with E-state index in [0.717, 1.165) is 23.0 Å². The highest BCUT2D eigenvalue weighted by molar-refractivity contribution is 9.10. The molecule has 0 atom stereocenters. The van der Waals surface area contributed by atoms with Crippen molar-refractivity contribution >= 4 is 33.0 Å². The van der Waals surface area contributed by atoms with Crippen LogP contribution in [0.4, 0.5) is 5.95 Å². The van der Waals surface area contributed by atoms with E-state index >= 15 is 0 Å². The quantitative estimate of drug-likeness (QED) is 0.769. The van der Waals surface area contributed by atoms with Crippen LogP contribution in [-0.4, -0.2) is 36.3 Å². The molecule has 0 aliphatic rings. The van der Waals surface area contributed by atoms with Crippen LogP contribution in [0.25, 0.3) is 17.0 Å². The van der Waals surface area contributed by atoms with E-state index in [1.165, 1.54) is 0 Å². The zero-order valence-corrected chi connectivity index (χ0v) is 11.8. The smallest absolute Gasteiger partial charge is 0.226 e. The van der Waals surface area contributed by atoms with Crippen molar-refractivity contribution in [1.29, 1.82) is 0 Å². The van der Waals surface area contributed by atoms with E-state index in [2.05, 4.69) is 53.2 Å². The summed E-state index contributed by atoms with van der Waals surface area (Å²) >= 11 is 3.38. The van der Waals surface area contributed by atoms with Crippen LogP contribution in [-0.2, 0) is 0 Å². The second-order valence-electron chi connectivity index (χ2n) is 4.00. The largest absolute Gasteiger partial charge is 0.354 e. The van der Waals surface area contributed by atoms with E-state index in [-0.39, 0.29) is 0 Å². The number of aromatic nitrogens is 6. The summed E-state index contributed by atoms with van der Waals surface area (Å²) in [6.07, 6.45) is 6.16. The minimum atomic E-state index is 0.558. The standard InChI is InChI=1S/C11H12BrN7/c1-2-3-13-11-17-9-8(14-6-15-9)10(18-11)19-5-7(12)4-16-19/h4-6H,2-3H2,1H3,(H2,13,14,15,17,18). The number of imidazole rings is 1. The number of nitrogens with zero attached hydrogens (tertiary/aromatic N) is 5. The minimum Gasteiger partial charge on any atom is -0.354 e. The Hall–Kier alpha value is -1.96. The molecule has 2 N–H and O–H groups in total. The van der Waals surface area contributed by atoms with E-state index in [1.54, 1.807) is 17.2 Å². The van der Waals surface area contributed by atoms with E-state index < -0.39 is 0 Å². The van der Waals surface area contributed by atoms with Crippen LogP contribution in [0, 0.1) is 0 Å². The molecule has 0 amide bonds. The van der Waals surface area contributed by atoms with Crippen LogP contribution in [0.3, 0.4) is 0 Å². The fourth-order valence-corrected chi connectivity index (χ4v) is 2.00. The maximum absolute atomic E-state index is 4.48. The summed E-state index contributed by atoms with van der Waals surface area (Å²) in [6, 6.07) is 0. The summed E-state index contributed by atoms with van der Waals surface area (Å²) < 4.78 is 2.57. The third-order valence-electron chi connectivity index (χ3n) is 2.57. The number of fused-ring (bicyclic) bond motifs is 1. The Morgan fingerprint density at radius 2 is 2.32 bits per heavy atom. The molecular weight excluding hydrogens is 310 g/mol. The summed E-state index contributed by atoms with van der Waals surface area (Å²) in [5, 5.41) is 7.41. The molecule has 0 unspecified atom stereocenters. The van der Waals surface area contributed by atoms with Crippen LogP contribution in [0.5, 0.6) is 0 Å². The van der Waals surface area contributed by atoms with Gasteiger partial charge in [0, 0.05) is 12.7 Å². The highest BCUT2D eigenvalue weighted by atomic mass is 79.9. The topological polar surface area (TPSA) is 84.3 Å². The minimum absolute atomic E-state index is 0.558. The van der Waals surface area contributed by atoms with Crippen LogP contribution < -0.4 is 5.32 Å². The predicted octanol–water partition coefficient (Wildman–Crippen LogP) is 2.12. The molecule has 19 heavy (non-hydrogen) atoms. The molecule has 7 nitrogen and oxygen atoms in total. The lowest BCUT2D eigenvalue weighted by molar-refractivity contribution is 0.845. The summed E-state index contributed by atoms with van der Waals surface area (Å²) in [6.45, 7) is 2.91. The Kier molecular flexibility index (Phi) is 3.16. The number of H-pyrrole nitrogens is 1. The number of anilines is 1. The Labute approximate surface area is 117 Å². The summed E-state index contributed by atoms with van der Waals surface area (Å²) in [5.74, 6) is 1.23. The number of hydrogen-bond acceptors (Lipinski definition) is 5. The van der Waals surface area contributed by atoms with Gasteiger partial charge < -0.3 is 10.3 Å². The van der Waals surface area contributed by atoms with Crippen molar-refractivity contribution in [2.45, 2.75) is 13.3 Å². The SMILES string of the molecule is CCCNc1nc(-n2cc(Br)cn2)c2[nH]cnc2n1. The number of aromatic amines is 1. The van der Waals surface area contributed by atoms with Crippen LogP contribution in [0.15, 0.2) is 23.2 Å². The maximum Gasteiger partial charge on any atom is 0.226 e. The van der Waals surface area contributed by atoms with Crippen molar-refractivity contribution in [2.24, 2.45) is 0 Å². The van der Waals surface area contributed by atoms with Crippen molar-refractivity contribution in [2.75, 3.05) is 11.9 Å². The van der Waals surface area contributed by atoms with Gasteiger partial charge in [0.1, 0.15) is 5.52 Å². The van der Waals surface area contributed by atoms with Gasteiger partial charge in [0.2, 0.25) is 5.95 Å². The molecule has 0 fully saturated rings. The molecule has 0 aliphatic carbocycles. The van der Waals surface area contributed by atoms with Gasteiger partial charge in [-0.2, -0.15) is 15.1 Å². The Balaban J connectivity index is 2.12. The first-order chi connectivity index (χ1) is 9.28. The van der Waals surface area contributed by atoms with Crippen LogP contribution in [0.1, 0.15) is 13.3 Å². The molecule has 0 saturated carbocycles. The van der Waals surface area contributed by atoms with E-state index in [9.17, 15) is 0 Å². The molecule has 0 bridgehead atoms. The molecule has 8 heteroatoms. The van der Waals surface area contributed by atoms with Gasteiger partial charge >= 0.3 is 0 Å². The molecule has 0 aliphatic heterocycles. The van der Waals surface area contributed by atoms with Crippen molar-refractivity contribution in [3.63, 3.8) is 0 Å². The Morgan fingerprint density at radius 3 is 3.05 bits per heavy atom. The first-order valence-corrected chi connectivity index (χ1v) is 6.72. The first-order valence-electron chi connectivity index (χ1n) is 5.93. The van der Waals surface area contributed by atoms with Crippen molar-refractivity contribution in [3.05, 3.63) is 23.2 Å². The fraction of sp³-hybridized carbons (Fsp3) is 0.273. The first kappa shape index (κ1) is 12.1. The predicted molar refractivity (Wildman–Crippen MR) is 75.3 cm³/mol. The highest BCUT2D eigenvalue weighted by Gasteiger charge is 2.12. The van der Waals surface area contributed by atoms with Gasteiger partial charge in [-0.05, 0) is 22.4 Å². The third kappa shape index (κ3) is 2.30. The lowest BCUT2D eigenvalue weighted by Gasteiger charge is -2.06. The lowest BCUT2D eigenvalue weighted by Crippen LogP contribution is -2.08. The summed E-state index contributed by atoms with van der Waals surface area (Å²) in [7, 11) is 0. The van der Waals surface area contributed by atoms with Crippen LogP contribution in [0.2, 0.25) is 0 Å². The number of rotatable bonds is 4. The molecular formula is C11H12BrN7. The molecule has 0 spiro atoms. The van der Waals surface area contributed by atoms with Gasteiger partial charge in [0.25, 0.3) is 0 Å². The van der Waals surface area contributed by atoms with E-state index in [0.29, 0.717) is 17.4 Å². The molecule has 0 aromatic carbocycles. The Bertz CT molecular complexity index is 702. The van der Waals surface area contributed by atoms with Gasteiger partial charge in [-0.3, -0.25) is 0 Å². The zero-order valence-electron chi connectivity index (χ0n) is 10.3. The van der Waals surface area contributed by atoms with E-state index in [1.807, 2.05) is 6.20 Å². The summed E-state index contributed by atoms with van der Waals surface area (Å²) in [5.41, 5.74) is 1.38. The third-order valence-corrected chi connectivity index (χ3v) is 2.98. The average Bonchev–Trinajstić information content (AvgIpc) is 3.03. The molecule has 98 valence electrons. The van der Waals surface area contributed by atoms with Gasteiger partial charge in [-0.15, -0.1) is 0 Å². The number of hydrogen-bond donors (Lipinski definition) is 2. The normalized spacial score (nSPS) is 11.1. The molecule has 3 rings (SSSR count). The monoisotopic (exact) mass is 321 g/mol. The van der Waals surface area contributed by atoms with Gasteiger partial charge in [0.05, 0.1) is 17.0 Å². The maximum atomic E-state index is 4.48. The molecule has 3 aromatic heterocycles. The number of halogens is 1. The molecule has 3 aromatic rings. The van der Waals surface area contributed by atoms with Gasteiger partial charge in [-0.25, -0.2) is 9.67 Å². The lowest BCUT2D eigenvalue weighted by atomic mass is 10.4. The summed E-state index contributed by atoms with van der Waals surface area (Å²) in [4.78, 5) is 16.0. The zero-order chi connectivity index (χ0) is 13.2. The second kappa shape index (κ2) is 4.96. The molecule has 0 radical (unpaired) electrons. The van der Waals surface area contributed by atoms with Crippen molar-refractivity contribution in [1.82, 2.24) is 29.7 Å². The average molecular weight is 322 g/mol. The van der Waals surface area contributed by atoms with Crippen molar-refractivity contribution in [3.8, 4) is 5.82 Å². The van der Waals surface area contributed by atoms with Gasteiger partial charge in [-0.1, -0.05) is 6.92 Å².